The van der Waals surface area contributed by atoms with Gasteiger partial charge in [0.05, 0.1) is 12.1 Å². The summed E-state index contributed by atoms with van der Waals surface area (Å²) in [7, 11) is 1.73. The third-order valence-electron chi connectivity index (χ3n) is 7.46. The molecule has 2 unspecified atom stereocenters. The lowest BCUT2D eigenvalue weighted by Crippen LogP contribution is -2.59. The molecule has 3 N–H and O–H groups in total. The predicted octanol–water partition coefficient (Wildman–Crippen LogP) is 3.17. The van der Waals surface area contributed by atoms with Crippen LogP contribution in [0.5, 0.6) is 0 Å². The zero-order valence-electron chi connectivity index (χ0n) is 21.1. The Morgan fingerprint density at radius 2 is 1.68 bits per heavy atom. The summed E-state index contributed by atoms with van der Waals surface area (Å²) in [6.07, 6.45) is 3.03. The molecule has 7 nitrogen and oxygen atoms in total. The van der Waals surface area contributed by atoms with Gasteiger partial charge in [-0.2, -0.15) is 0 Å². The highest BCUT2D eigenvalue weighted by Crippen LogP contribution is 2.32. The van der Waals surface area contributed by atoms with Crippen molar-refractivity contribution < 1.29 is 4.39 Å². The van der Waals surface area contributed by atoms with Crippen molar-refractivity contribution in [1.82, 2.24) is 14.5 Å². The van der Waals surface area contributed by atoms with Crippen LogP contribution in [0.15, 0.2) is 88.6 Å². The molecule has 8 heteroatoms. The summed E-state index contributed by atoms with van der Waals surface area (Å²) in [5.41, 5.74) is 4.25. The second kappa shape index (κ2) is 9.78. The van der Waals surface area contributed by atoms with Crippen molar-refractivity contribution >= 4 is 11.5 Å². The van der Waals surface area contributed by atoms with Crippen molar-refractivity contribution in [1.29, 1.82) is 5.41 Å². The maximum absolute atomic E-state index is 13.6. The van der Waals surface area contributed by atoms with Crippen LogP contribution in [0.2, 0.25) is 0 Å². The Bertz CT molecular complexity index is 1720. The number of nitrogens with one attached hydrogen (secondary N) is 3. The molecule has 0 radical (unpaired) electrons. The van der Waals surface area contributed by atoms with Gasteiger partial charge in [0.2, 0.25) is 5.62 Å². The molecule has 4 aromatic rings. The molecule has 38 heavy (non-hydrogen) atoms. The minimum atomic E-state index is -0.262. The van der Waals surface area contributed by atoms with Crippen LogP contribution in [0, 0.1) is 11.2 Å². The van der Waals surface area contributed by atoms with Crippen molar-refractivity contribution in [2.24, 2.45) is 12.0 Å². The highest BCUT2D eigenvalue weighted by molar-refractivity contribution is 5.64. The topological polar surface area (TPSA) is 87.2 Å². The lowest BCUT2D eigenvalue weighted by atomic mass is 10.0. The molecule has 6 rings (SSSR count). The molecule has 3 aromatic carbocycles. The van der Waals surface area contributed by atoms with Crippen LogP contribution in [0.3, 0.4) is 0 Å². The van der Waals surface area contributed by atoms with E-state index in [0.29, 0.717) is 23.2 Å². The van der Waals surface area contributed by atoms with Crippen molar-refractivity contribution in [2.45, 2.75) is 37.9 Å². The van der Waals surface area contributed by atoms with E-state index in [2.05, 4.69) is 10.6 Å². The van der Waals surface area contributed by atoms with Gasteiger partial charge in [-0.1, -0.05) is 54.6 Å². The number of fused-ring (bicyclic) bond motifs is 3. The number of anilines is 1. The second-order valence-electron chi connectivity index (χ2n) is 9.88. The first-order valence-electron chi connectivity index (χ1n) is 12.9. The summed E-state index contributed by atoms with van der Waals surface area (Å²) in [6, 6.07) is 24.3. The first-order chi connectivity index (χ1) is 18.5. The fraction of sp³-hybridized carbons (Fsp3) is 0.233. The fourth-order valence-corrected chi connectivity index (χ4v) is 5.46. The molecule has 0 bridgehead atoms. The second-order valence-corrected chi connectivity index (χ2v) is 9.88. The maximum atomic E-state index is 13.6. The largest absolute Gasteiger partial charge is 0.367 e. The van der Waals surface area contributed by atoms with Crippen molar-refractivity contribution in [3.8, 4) is 11.1 Å². The lowest BCUT2D eigenvalue weighted by Gasteiger charge is -2.17. The number of nitrogens with zero attached hydrogens (tertiary/aromatic N) is 3. The van der Waals surface area contributed by atoms with E-state index in [1.807, 2.05) is 59.2 Å². The zero-order chi connectivity index (χ0) is 26.2. The van der Waals surface area contributed by atoms with Gasteiger partial charge in [0.1, 0.15) is 22.3 Å². The van der Waals surface area contributed by atoms with Gasteiger partial charge < -0.3 is 10.6 Å². The van der Waals surface area contributed by atoms with Gasteiger partial charge in [0.25, 0.3) is 5.56 Å². The minimum Gasteiger partial charge on any atom is -0.367 e. The van der Waals surface area contributed by atoms with Gasteiger partial charge in [-0.05, 0) is 60.2 Å². The monoisotopic (exact) mass is 508 g/mol. The summed E-state index contributed by atoms with van der Waals surface area (Å²) >= 11 is 0. The van der Waals surface area contributed by atoms with Crippen LogP contribution < -0.4 is 32.5 Å². The van der Waals surface area contributed by atoms with Crippen LogP contribution in [-0.2, 0) is 13.6 Å². The average molecular weight is 509 g/mol. The Labute approximate surface area is 219 Å². The molecular weight excluding hydrogens is 479 g/mol. The van der Waals surface area contributed by atoms with E-state index < -0.39 is 0 Å². The summed E-state index contributed by atoms with van der Waals surface area (Å²) < 4.78 is 16.8. The first kappa shape index (κ1) is 23.9. The Hall–Kier alpha value is -4.46. The molecule has 2 aliphatic rings. The molecule has 1 aliphatic carbocycles. The Balaban J connectivity index is 1.39. The van der Waals surface area contributed by atoms with E-state index in [9.17, 15) is 9.18 Å². The number of rotatable bonds is 6. The highest BCUT2D eigenvalue weighted by atomic mass is 19.1. The smallest absolute Gasteiger partial charge is 0.267 e. The molecule has 2 heterocycles. The SMILES string of the molecule is Cn1c(=O)/c(=C(/NCc2ccc(-c3ccc(F)cc3)cc2)Nc2ccccc2)c(=N)n2c1=NC1CCCC12. The van der Waals surface area contributed by atoms with Crippen molar-refractivity contribution in [3.63, 3.8) is 0 Å². The first-order valence-corrected chi connectivity index (χ1v) is 12.9. The summed E-state index contributed by atoms with van der Waals surface area (Å²) in [6.45, 7) is 0.444. The van der Waals surface area contributed by atoms with Crippen LogP contribution >= 0.6 is 0 Å². The number of halogens is 1. The standard InChI is InChI=1S/C30H29FN6O/c1-36-29(38)26(27(32)37-25-9-5-8-24(25)35-30(36)37)28(34-23-6-3-2-4-7-23)33-18-19-10-12-20(13-11-19)21-14-16-22(31)17-15-21/h2-4,6-7,10-17,24-25,32-34H,5,8-9,18H2,1H3/b28-26-,32-27?. The highest BCUT2D eigenvalue weighted by Gasteiger charge is 2.34. The predicted molar refractivity (Wildman–Crippen MR) is 145 cm³/mol. The van der Waals surface area contributed by atoms with Crippen LogP contribution in [0.1, 0.15) is 30.9 Å². The third-order valence-corrected chi connectivity index (χ3v) is 7.46. The Kier molecular flexibility index (Phi) is 6.15. The third kappa shape index (κ3) is 4.32. The van der Waals surface area contributed by atoms with Gasteiger partial charge in [0.15, 0.2) is 0 Å². The fourth-order valence-electron chi connectivity index (χ4n) is 5.46. The van der Waals surface area contributed by atoms with Crippen molar-refractivity contribution in [3.05, 3.63) is 117 Å². The summed E-state index contributed by atoms with van der Waals surface area (Å²) in [5, 5.41) is 16.2. The molecule has 1 aliphatic heterocycles. The van der Waals surface area contributed by atoms with Gasteiger partial charge in [-0.25, -0.2) is 9.38 Å². The maximum Gasteiger partial charge on any atom is 0.267 e. The van der Waals surface area contributed by atoms with E-state index in [-0.39, 0.29) is 28.9 Å². The molecule has 1 saturated carbocycles. The van der Waals surface area contributed by atoms with E-state index in [4.69, 9.17) is 10.4 Å². The zero-order valence-corrected chi connectivity index (χ0v) is 21.1. The van der Waals surface area contributed by atoms with E-state index >= 15 is 0 Å². The van der Waals surface area contributed by atoms with Gasteiger partial charge in [-0.3, -0.25) is 19.3 Å². The molecule has 0 spiro atoms. The molecule has 1 aromatic heterocycles. The summed E-state index contributed by atoms with van der Waals surface area (Å²) in [4.78, 5) is 18.4. The number of hydrogen-bond donors (Lipinski definition) is 3. The van der Waals surface area contributed by atoms with E-state index in [1.54, 1.807) is 23.7 Å². The lowest BCUT2D eigenvalue weighted by molar-refractivity contribution is 0.465. The molecule has 1 fully saturated rings. The van der Waals surface area contributed by atoms with Crippen LogP contribution in [0.4, 0.5) is 10.1 Å². The van der Waals surface area contributed by atoms with Crippen LogP contribution in [0.25, 0.3) is 16.9 Å². The molecule has 0 amide bonds. The minimum absolute atomic E-state index is 0.125. The molecule has 0 saturated heterocycles. The van der Waals surface area contributed by atoms with Crippen molar-refractivity contribution in [2.75, 3.05) is 5.32 Å². The number of benzene rings is 3. The average Bonchev–Trinajstić information content (AvgIpc) is 3.54. The summed E-state index contributed by atoms with van der Waals surface area (Å²) in [5.74, 6) is 0.228. The molecule has 192 valence electrons. The van der Waals surface area contributed by atoms with Gasteiger partial charge in [-0.15, -0.1) is 0 Å². The number of aromatic nitrogens is 2. The Morgan fingerprint density at radius 1 is 1.00 bits per heavy atom. The van der Waals surface area contributed by atoms with Gasteiger partial charge in [0, 0.05) is 19.3 Å². The quantitative estimate of drug-likeness (QED) is 0.374. The van der Waals surface area contributed by atoms with Gasteiger partial charge >= 0.3 is 0 Å². The van der Waals surface area contributed by atoms with E-state index in [1.165, 1.54) is 12.1 Å². The number of hydrogen-bond acceptors (Lipinski definition) is 5. The Morgan fingerprint density at radius 3 is 2.39 bits per heavy atom. The normalized spacial score (nSPS) is 18.4. The molecular formula is C30H29FN6O. The van der Waals surface area contributed by atoms with E-state index in [0.717, 1.165) is 41.6 Å². The molecule has 2 atom stereocenters. The van der Waals surface area contributed by atoms with Crippen LogP contribution in [-0.4, -0.2) is 15.2 Å². The number of para-hydroxylation sites is 1.